The quantitative estimate of drug-likeness (QED) is 0.448. The van der Waals surface area contributed by atoms with Crippen LogP contribution in [0.4, 0.5) is 5.69 Å². The molecule has 1 aliphatic rings. The molecular formula is C16H19IN4O2. The van der Waals surface area contributed by atoms with Crippen molar-refractivity contribution < 1.29 is 9.47 Å². The predicted molar refractivity (Wildman–Crippen MR) is 101 cm³/mol. The average Bonchev–Trinajstić information content (AvgIpc) is 2.79. The Hall–Kier alpha value is -2.03. The van der Waals surface area contributed by atoms with E-state index in [1.54, 1.807) is 6.20 Å². The molecule has 0 fully saturated rings. The van der Waals surface area contributed by atoms with Crippen LogP contribution in [-0.4, -0.2) is 24.2 Å². The Kier molecular flexibility index (Phi) is 6.45. The Morgan fingerprint density at radius 2 is 2.00 bits per heavy atom. The summed E-state index contributed by atoms with van der Waals surface area (Å²) in [6.45, 7) is 1.76. The maximum Gasteiger partial charge on any atom is 0.193 e. The number of nitrogens with two attached hydrogens (primary N) is 1. The maximum atomic E-state index is 5.90. The standard InChI is InChI=1S/C16H18N4O2.HI/c17-16(19-11-13-4-1-2-7-18-13)20-12-5-6-14-15(10-12)22-9-3-8-21-14;/h1-2,4-7,10H,3,8-9,11H2,(H3,17,19,20);1H. The number of ether oxygens (including phenoxy) is 2. The molecule has 0 saturated carbocycles. The second-order valence-electron chi connectivity index (χ2n) is 4.86. The summed E-state index contributed by atoms with van der Waals surface area (Å²) in [6.07, 6.45) is 2.61. The third-order valence-corrected chi connectivity index (χ3v) is 3.16. The van der Waals surface area contributed by atoms with Gasteiger partial charge in [-0.1, -0.05) is 6.07 Å². The third kappa shape index (κ3) is 4.98. The second kappa shape index (κ2) is 8.56. The first-order chi connectivity index (χ1) is 10.8. The normalized spacial score (nSPS) is 13.7. The molecule has 0 bridgehead atoms. The van der Waals surface area contributed by atoms with Gasteiger partial charge in [0.05, 0.1) is 25.5 Å². The first kappa shape index (κ1) is 17.3. The highest BCUT2D eigenvalue weighted by molar-refractivity contribution is 14.0. The summed E-state index contributed by atoms with van der Waals surface area (Å²) in [5.74, 6) is 1.81. The maximum absolute atomic E-state index is 5.90. The van der Waals surface area contributed by atoms with Crippen molar-refractivity contribution in [3.05, 3.63) is 48.3 Å². The second-order valence-corrected chi connectivity index (χ2v) is 4.86. The number of nitrogens with one attached hydrogen (secondary N) is 1. The van der Waals surface area contributed by atoms with Gasteiger partial charge in [-0.25, -0.2) is 4.99 Å². The van der Waals surface area contributed by atoms with Crippen LogP contribution in [0.15, 0.2) is 47.6 Å². The molecule has 0 aliphatic carbocycles. The number of anilines is 1. The van der Waals surface area contributed by atoms with Crippen molar-refractivity contribution in [2.45, 2.75) is 13.0 Å². The number of hydrogen-bond acceptors (Lipinski definition) is 4. The molecule has 1 aliphatic heterocycles. The Bertz CT molecular complexity index is 664. The molecule has 23 heavy (non-hydrogen) atoms. The fourth-order valence-electron chi connectivity index (χ4n) is 2.09. The molecule has 122 valence electrons. The molecule has 0 saturated heterocycles. The van der Waals surface area contributed by atoms with Gasteiger partial charge in [0.1, 0.15) is 0 Å². The Morgan fingerprint density at radius 1 is 1.17 bits per heavy atom. The molecule has 3 rings (SSSR count). The van der Waals surface area contributed by atoms with Crippen LogP contribution in [0.25, 0.3) is 0 Å². The van der Waals surface area contributed by atoms with Gasteiger partial charge < -0.3 is 20.5 Å². The number of nitrogens with zero attached hydrogens (tertiary/aromatic N) is 2. The number of aromatic nitrogens is 1. The van der Waals surface area contributed by atoms with E-state index in [1.807, 2.05) is 36.4 Å². The first-order valence-electron chi connectivity index (χ1n) is 7.18. The monoisotopic (exact) mass is 426 g/mol. The number of hydrogen-bond donors (Lipinski definition) is 2. The van der Waals surface area contributed by atoms with Crippen LogP contribution in [0.1, 0.15) is 12.1 Å². The highest BCUT2D eigenvalue weighted by atomic mass is 127. The summed E-state index contributed by atoms with van der Waals surface area (Å²) in [4.78, 5) is 8.47. The predicted octanol–water partition coefficient (Wildman–Crippen LogP) is 2.79. The molecule has 0 radical (unpaired) electrons. The van der Waals surface area contributed by atoms with Crippen molar-refractivity contribution in [2.75, 3.05) is 18.5 Å². The number of aliphatic imine (C=N–C) groups is 1. The van der Waals surface area contributed by atoms with Crippen LogP contribution in [-0.2, 0) is 6.54 Å². The van der Waals surface area contributed by atoms with Crippen LogP contribution in [0.3, 0.4) is 0 Å². The van der Waals surface area contributed by atoms with Crippen molar-refractivity contribution in [3.8, 4) is 11.5 Å². The van der Waals surface area contributed by atoms with Crippen LogP contribution >= 0.6 is 24.0 Å². The van der Waals surface area contributed by atoms with Gasteiger partial charge in [-0.2, -0.15) is 0 Å². The molecule has 3 N–H and O–H groups in total. The van der Waals surface area contributed by atoms with Crippen LogP contribution in [0.5, 0.6) is 11.5 Å². The van der Waals surface area contributed by atoms with Crippen LogP contribution in [0.2, 0.25) is 0 Å². The Labute approximate surface area is 152 Å². The summed E-state index contributed by atoms with van der Waals surface area (Å²) < 4.78 is 11.2. The SMILES string of the molecule is I.NC(=NCc1ccccn1)Nc1ccc2c(c1)OCCCO2. The zero-order valence-electron chi connectivity index (χ0n) is 12.6. The number of pyridine rings is 1. The van der Waals surface area contributed by atoms with E-state index in [4.69, 9.17) is 15.2 Å². The zero-order chi connectivity index (χ0) is 15.2. The smallest absolute Gasteiger partial charge is 0.193 e. The number of fused-ring (bicyclic) bond motifs is 1. The van der Waals surface area contributed by atoms with Gasteiger partial charge >= 0.3 is 0 Å². The van der Waals surface area contributed by atoms with Gasteiger partial charge in [-0.05, 0) is 24.3 Å². The van der Waals surface area contributed by atoms with Gasteiger partial charge in [-0.3, -0.25) is 4.98 Å². The van der Waals surface area contributed by atoms with Gasteiger partial charge in [0.2, 0.25) is 0 Å². The fraction of sp³-hybridized carbons (Fsp3) is 0.250. The fourth-order valence-corrected chi connectivity index (χ4v) is 2.09. The Balaban J connectivity index is 0.00000192. The largest absolute Gasteiger partial charge is 0.490 e. The van der Waals surface area contributed by atoms with E-state index in [1.165, 1.54) is 0 Å². The molecule has 0 amide bonds. The molecule has 6 nitrogen and oxygen atoms in total. The molecule has 7 heteroatoms. The lowest BCUT2D eigenvalue weighted by Crippen LogP contribution is -2.22. The third-order valence-electron chi connectivity index (χ3n) is 3.16. The summed E-state index contributed by atoms with van der Waals surface area (Å²) in [5, 5.41) is 3.05. The summed E-state index contributed by atoms with van der Waals surface area (Å²) in [6, 6.07) is 11.3. The van der Waals surface area contributed by atoms with E-state index in [9.17, 15) is 0 Å². The van der Waals surface area contributed by atoms with E-state index < -0.39 is 0 Å². The molecular weight excluding hydrogens is 407 g/mol. The van der Waals surface area contributed by atoms with Gasteiger partial charge in [0.15, 0.2) is 17.5 Å². The lowest BCUT2D eigenvalue weighted by atomic mass is 10.3. The molecule has 1 aromatic carbocycles. The molecule has 0 unspecified atom stereocenters. The van der Waals surface area contributed by atoms with E-state index >= 15 is 0 Å². The van der Waals surface area contributed by atoms with Gasteiger partial charge in [0.25, 0.3) is 0 Å². The van der Waals surface area contributed by atoms with Crippen molar-refractivity contribution in [1.82, 2.24) is 4.98 Å². The van der Waals surface area contributed by atoms with E-state index in [0.717, 1.165) is 29.3 Å². The van der Waals surface area contributed by atoms with Crippen molar-refractivity contribution >= 4 is 35.6 Å². The van der Waals surface area contributed by atoms with Gasteiger partial charge in [0, 0.05) is 24.4 Å². The van der Waals surface area contributed by atoms with Crippen molar-refractivity contribution in [2.24, 2.45) is 10.7 Å². The van der Waals surface area contributed by atoms with E-state index in [0.29, 0.717) is 25.7 Å². The van der Waals surface area contributed by atoms with E-state index in [2.05, 4.69) is 15.3 Å². The van der Waals surface area contributed by atoms with E-state index in [-0.39, 0.29) is 24.0 Å². The molecule has 2 aromatic rings. The average molecular weight is 426 g/mol. The minimum absolute atomic E-state index is 0. The first-order valence-corrected chi connectivity index (χ1v) is 7.18. The minimum Gasteiger partial charge on any atom is -0.490 e. The lowest BCUT2D eigenvalue weighted by molar-refractivity contribution is 0.297. The molecule has 0 spiro atoms. The van der Waals surface area contributed by atoms with Crippen LogP contribution in [0, 0.1) is 0 Å². The van der Waals surface area contributed by atoms with Crippen LogP contribution < -0.4 is 20.5 Å². The highest BCUT2D eigenvalue weighted by Crippen LogP contribution is 2.32. The van der Waals surface area contributed by atoms with Gasteiger partial charge in [-0.15, -0.1) is 24.0 Å². The number of guanidine groups is 1. The summed E-state index contributed by atoms with van der Waals surface area (Å²) in [7, 11) is 0. The minimum atomic E-state index is 0. The topological polar surface area (TPSA) is 81.8 Å². The highest BCUT2D eigenvalue weighted by Gasteiger charge is 2.10. The lowest BCUT2D eigenvalue weighted by Gasteiger charge is -2.10. The summed E-state index contributed by atoms with van der Waals surface area (Å²) >= 11 is 0. The molecule has 2 heterocycles. The summed E-state index contributed by atoms with van der Waals surface area (Å²) in [5.41, 5.74) is 7.58. The van der Waals surface area contributed by atoms with Crippen molar-refractivity contribution in [1.29, 1.82) is 0 Å². The molecule has 1 aromatic heterocycles. The van der Waals surface area contributed by atoms with Crippen molar-refractivity contribution in [3.63, 3.8) is 0 Å². The molecule has 0 atom stereocenters. The number of halogens is 1. The Morgan fingerprint density at radius 3 is 2.78 bits per heavy atom. The number of benzene rings is 1. The zero-order valence-corrected chi connectivity index (χ0v) is 14.9. The number of rotatable bonds is 3.